The number of benzene rings is 1. The molecule has 0 aliphatic carbocycles. The van der Waals surface area contributed by atoms with E-state index in [4.69, 9.17) is 8.83 Å². The van der Waals surface area contributed by atoms with Gasteiger partial charge in [-0.15, -0.1) is 0 Å². The number of hydrogen-bond donors (Lipinski definition) is 2. The molecule has 1 aliphatic rings. The Morgan fingerprint density at radius 3 is 2.69 bits per heavy atom. The number of nitrogens with zero attached hydrogens (tertiary/aromatic N) is 3. The second kappa shape index (κ2) is 7.67. The largest absolute Gasteiger partial charge is 0.458 e. The van der Waals surface area contributed by atoms with E-state index in [1.165, 1.54) is 38.4 Å². The van der Waals surface area contributed by atoms with Gasteiger partial charge in [0.1, 0.15) is 28.8 Å². The zero-order chi connectivity index (χ0) is 25.3. The van der Waals surface area contributed by atoms with Crippen molar-refractivity contribution in [2.75, 3.05) is 6.54 Å². The van der Waals surface area contributed by atoms with Gasteiger partial charge < -0.3 is 23.8 Å². The molecule has 0 spiro atoms. The predicted octanol–water partition coefficient (Wildman–Crippen LogP) is 4.63. The number of halogens is 4. The van der Waals surface area contributed by atoms with E-state index in [9.17, 15) is 27.5 Å². The summed E-state index contributed by atoms with van der Waals surface area (Å²) < 4.78 is 66.4. The number of oxazole rings is 1. The Morgan fingerprint density at radius 1 is 1.26 bits per heavy atom. The molecule has 8 nitrogen and oxygen atoms in total. The summed E-state index contributed by atoms with van der Waals surface area (Å²) in [6.07, 6.45) is -3.29. The Kier molecular flexibility index (Phi) is 5.06. The van der Waals surface area contributed by atoms with E-state index >= 15 is 0 Å². The highest BCUT2D eigenvalue weighted by Crippen LogP contribution is 2.41. The molecule has 0 fully saturated rings. The highest BCUT2D eigenvalue weighted by atomic mass is 19.4. The third kappa shape index (κ3) is 3.77. The van der Waals surface area contributed by atoms with Crippen LogP contribution in [0.15, 0.2) is 33.4 Å². The lowest BCUT2D eigenvalue weighted by Crippen LogP contribution is -2.41. The maximum Gasteiger partial charge on any atom is 0.437 e. The third-order valence-corrected chi connectivity index (χ3v) is 5.98. The smallest absolute Gasteiger partial charge is 0.437 e. The van der Waals surface area contributed by atoms with E-state index in [1.54, 1.807) is 6.92 Å². The standard InChI is InChI=1S/C23H20F4N4O4/c1-10-12-8-11(24)4-5-14(12)34-17(10)16-15-13(28-9-29-15)6-7-31(16)20(32)18-19(23(25,26)27)30-21(35-18)22(2,3)33/h4-5,8-9,16,33H,6-7H2,1-3H3,(H,28,29)/t16-/m1/s1. The van der Waals surface area contributed by atoms with Gasteiger partial charge in [-0.3, -0.25) is 4.79 Å². The zero-order valence-corrected chi connectivity index (χ0v) is 18.8. The second-order valence-corrected chi connectivity index (χ2v) is 8.90. The van der Waals surface area contributed by atoms with Crippen molar-refractivity contribution in [2.24, 2.45) is 0 Å². The van der Waals surface area contributed by atoms with Crippen molar-refractivity contribution in [3.8, 4) is 0 Å². The molecule has 3 aromatic heterocycles. The summed E-state index contributed by atoms with van der Waals surface area (Å²) in [5.41, 5.74) is -1.43. The average molecular weight is 492 g/mol. The lowest BCUT2D eigenvalue weighted by atomic mass is 9.97. The summed E-state index contributed by atoms with van der Waals surface area (Å²) in [5, 5.41) is 10.6. The molecule has 4 aromatic rings. The van der Waals surface area contributed by atoms with Gasteiger partial charge in [0.25, 0.3) is 5.91 Å². The molecule has 0 unspecified atom stereocenters. The minimum absolute atomic E-state index is 0.0133. The maximum absolute atomic E-state index is 13.9. The average Bonchev–Trinajstić information content (AvgIpc) is 3.49. The van der Waals surface area contributed by atoms with Crippen LogP contribution in [0.1, 0.15) is 64.7 Å². The highest BCUT2D eigenvalue weighted by Gasteiger charge is 2.46. The fourth-order valence-electron chi connectivity index (χ4n) is 4.28. The summed E-state index contributed by atoms with van der Waals surface area (Å²) in [7, 11) is 0. The number of rotatable bonds is 3. The molecule has 1 aromatic carbocycles. The number of carbonyl (C=O) groups is 1. The van der Waals surface area contributed by atoms with Crippen LogP contribution >= 0.6 is 0 Å². The van der Waals surface area contributed by atoms with Crippen molar-refractivity contribution in [1.82, 2.24) is 19.9 Å². The van der Waals surface area contributed by atoms with E-state index in [0.29, 0.717) is 34.3 Å². The number of H-pyrrole nitrogens is 1. The fraction of sp³-hybridized carbons (Fsp3) is 0.348. The van der Waals surface area contributed by atoms with Gasteiger partial charge in [0, 0.05) is 29.6 Å². The first kappa shape index (κ1) is 23.1. The summed E-state index contributed by atoms with van der Waals surface area (Å²) >= 11 is 0. The van der Waals surface area contributed by atoms with Gasteiger partial charge >= 0.3 is 6.18 Å². The predicted molar refractivity (Wildman–Crippen MR) is 113 cm³/mol. The Hall–Kier alpha value is -3.67. The molecule has 4 heterocycles. The van der Waals surface area contributed by atoms with Gasteiger partial charge in [0.05, 0.1) is 12.0 Å². The molecule has 35 heavy (non-hydrogen) atoms. The van der Waals surface area contributed by atoms with Crippen LogP contribution in [0.5, 0.6) is 0 Å². The van der Waals surface area contributed by atoms with Crippen molar-refractivity contribution in [2.45, 2.75) is 45.0 Å². The molecule has 1 aliphatic heterocycles. The van der Waals surface area contributed by atoms with Gasteiger partial charge in [-0.1, -0.05) is 0 Å². The number of fused-ring (bicyclic) bond motifs is 2. The molecule has 184 valence electrons. The topological polar surface area (TPSA) is 108 Å². The van der Waals surface area contributed by atoms with Gasteiger partial charge in [-0.2, -0.15) is 13.2 Å². The highest BCUT2D eigenvalue weighted by molar-refractivity contribution is 5.94. The summed E-state index contributed by atoms with van der Waals surface area (Å²) in [5.74, 6) is -3.02. The van der Waals surface area contributed by atoms with E-state index < -0.39 is 46.9 Å². The molecule has 12 heteroatoms. The van der Waals surface area contributed by atoms with Gasteiger partial charge in [0.15, 0.2) is 5.69 Å². The first-order valence-electron chi connectivity index (χ1n) is 10.7. The molecular weight excluding hydrogens is 472 g/mol. The van der Waals surface area contributed by atoms with Crippen LogP contribution in [-0.2, 0) is 18.2 Å². The molecule has 1 atom stereocenters. The van der Waals surface area contributed by atoms with Gasteiger partial charge in [-0.05, 0) is 39.0 Å². The zero-order valence-electron chi connectivity index (χ0n) is 18.8. The number of imidazole rings is 1. The van der Waals surface area contributed by atoms with Crippen molar-refractivity contribution in [3.63, 3.8) is 0 Å². The molecule has 2 N–H and O–H groups in total. The van der Waals surface area contributed by atoms with E-state index in [-0.39, 0.29) is 12.3 Å². The molecule has 0 saturated carbocycles. The van der Waals surface area contributed by atoms with Crippen LogP contribution in [0.4, 0.5) is 17.6 Å². The van der Waals surface area contributed by atoms with Crippen LogP contribution in [0, 0.1) is 12.7 Å². The first-order chi connectivity index (χ1) is 16.4. The van der Waals surface area contributed by atoms with Gasteiger partial charge in [-0.25, -0.2) is 14.4 Å². The molecule has 0 saturated heterocycles. The third-order valence-electron chi connectivity index (χ3n) is 5.98. The Morgan fingerprint density at radius 2 is 2.00 bits per heavy atom. The van der Waals surface area contributed by atoms with Crippen LogP contribution in [0.2, 0.25) is 0 Å². The maximum atomic E-state index is 13.9. The monoisotopic (exact) mass is 492 g/mol. The number of carbonyl (C=O) groups excluding carboxylic acids is 1. The normalized spacial score (nSPS) is 16.7. The first-order valence-corrected chi connectivity index (χ1v) is 10.7. The van der Waals surface area contributed by atoms with E-state index in [2.05, 4.69) is 15.0 Å². The van der Waals surface area contributed by atoms with Crippen molar-refractivity contribution in [1.29, 1.82) is 0 Å². The number of aromatic amines is 1. The summed E-state index contributed by atoms with van der Waals surface area (Å²) in [4.78, 5) is 25.4. The van der Waals surface area contributed by atoms with Crippen LogP contribution in [-0.4, -0.2) is 37.4 Å². The van der Waals surface area contributed by atoms with Crippen LogP contribution < -0.4 is 0 Å². The van der Waals surface area contributed by atoms with Crippen molar-refractivity contribution < 1.29 is 36.3 Å². The van der Waals surface area contributed by atoms with E-state index in [0.717, 1.165) is 4.90 Å². The number of furan rings is 1. The SMILES string of the molecule is Cc1c([C@H]2c3nc[nH]c3CCN2C(=O)c2oc(C(C)(C)O)nc2C(F)(F)F)oc2ccc(F)cc12. The molecular formula is C23H20F4N4O4. The van der Waals surface area contributed by atoms with Crippen LogP contribution in [0.3, 0.4) is 0 Å². The summed E-state index contributed by atoms with van der Waals surface area (Å²) in [6, 6.07) is 2.94. The number of amides is 1. The number of aliphatic hydroxyl groups is 1. The minimum atomic E-state index is -5.01. The van der Waals surface area contributed by atoms with E-state index in [1.807, 2.05) is 0 Å². The minimum Gasteiger partial charge on any atom is -0.458 e. The summed E-state index contributed by atoms with van der Waals surface area (Å²) in [6.45, 7) is 4.08. The molecule has 0 bridgehead atoms. The quantitative estimate of drug-likeness (QED) is 0.404. The Labute approximate surface area is 195 Å². The Balaban J connectivity index is 1.67. The fourth-order valence-corrected chi connectivity index (χ4v) is 4.28. The lowest BCUT2D eigenvalue weighted by Gasteiger charge is -2.33. The second-order valence-electron chi connectivity index (χ2n) is 8.90. The molecule has 0 radical (unpaired) electrons. The number of aryl methyl sites for hydroxylation is 1. The number of alkyl halides is 3. The van der Waals surface area contributed by atoms with Gasteiger partial charge in [0.2, 0.25) is 11.7 Å². The molecule has 5 rings (SSSR count). The Bertz CT molecular complexity index is 1440. The molecule has 1 amide bonds. The van der Waals surface area contributed by atoms with Crippen molar-refractivity contribution >= 4 is 16.9 Å². The number of nitrogens with one attached hydrogen (secondary N) is 1. The van der Waals surface area contributed by atoms with Crippen molar-refractivity contribution in [3.05, 3.63) is 70.4 Å². The van der Waals surface area contributed by atoms with Crippen LogP contribution in [0.25, 0.3) is 11.0 Å². The lowest BCUT2D eigenvalue weighted by molar-refractivity contribution is -0.141. The number of hydrogen-bond acceptors (Lipinski definition) is 6. The number of aromatic nitrogens is 3.